The number of ether oxygens (including phenoxy) is 2. The molecule has 0 radical (unpaired) electrons. The number of benzene rings is 4. The lowest BCUT2D eigenvalue weighted by Crippen LogP contribution is -2.47. The van der Waals surface area contributed by atoms with Crippen LogP contribution in [0.5, 0.6) is 23.1 Å². The first-order chi connectivity index (χ1) is 28.3. The average Bonchev–Trinajstić information content (AvgIpc) is 3.49. The number of carbonyl (C=O) groups is 4. The summed E-state index contributed by atoms with van der Waals surface area (Å²) in [4.78, 5) is 60.6. The highest BCUT2D eigenvalue weighted by Crippen LogP contribution is 2.47. The molecule has 58 heavy (non-hydrogen) atoms. The summed E-state index contributed by atoms with van der Waals surface area (Å²) in [5.41, 5.74) is 6.50. The van der Waals surface area contributed by atoms with Gasteiger partial charge in [-0.05, 0) is 96.0 Å². The molecule has 1 saturated heterocycles. The molecule has 1 saturated carbocycles. The van der Waals surface area contributed by atoms with Crippen LogP contribution in [0.3, 0.4) is 0 Å². The number of carbonyl (C=O) groups excluding carboxylic acids is 4. The maximum atomic E-state index is 13.2. The molecule has 4 aliphatic rings. The third-order valence-corrected chi connectivity index (χ3v) is 12.1. The van der Waals surface area contributed by atoms with Crippen molar-refractivity contribution in [3.63, 3.8) is 0 Å². The van der Waals surface area contributed by atoms with Crippen molar-refractivity contribution in [3.05, 3.63) is 143 Å². The minimum Gasteiger partial charge on any atom is -0.508 e. The second-order valence-electron chi connectivity index (χ2n) is 15.5. The minimum absolute atomic E-state index is 0.158. The van der Waals surface area contributed by atoms with Crippen LogP contribution < -0.4 is 14.4 Å². The Morgan fingerprint density at radius 3 is 2.26 bits per heavy atom. The van der Waals surface area contributed by atoms with Gasteiger partial charge in [-0.25, -0.2) is 4.98 Å². The van der Waals surface area contributed by atoms with Gasteiger partial charge < -0.3 is 19.5 Å². The number of hydrogen-bond donors (Lipinski definition) is 1. The second kappa shape index (κ2) is 15.9. The van der Waals surface area contributed by atoms with Crippen LogP contribution in [0.4, 0.5) is 5.69 Å². The van der Waals surface area contributed by atoms with Crippen LogP contribution in [-0.4, -0.2) is 88.6 Å². The standard InChI is InChI=1S/C47H44N4O7/c52-34-10-16-39-32(26-34)8-15-38(30-4-2-1-3-5-30)45(39)31-6-12-36(13-7-31)58-44-19-9-33(29-48-44)50-22-20-49(21-23-50)24-25-57-37-14-17-40-41(28-37)47(56)51(46(40)55)42-18-11-35(53)27-43(42)54/h1-7,9-10,12-14,16-17,19,26,28-29,38,42,45,52H,8,11,15,18,20-25,27H2/t38-,42?,45?/m1/s1. The van der Waals surface area contributed by atoms with Crippen molar-refractivity contribution in [2.45, 2.75) is 50.0 Å². The number of rotatable bonds is 10. The lowest BCUT2D eigenvalue weighted by Gasteiger charge is -2.35. The van der Waals surface area contributed by atoms with Gasteiger partial charge in [0.1, 0.15) is 29.6 Å². The van der Waals surface area contributed by atoms with Crippen molar-refractivity contribution >= 4 is 29.1 Å². The van der Waals surface area contributed by atoms with E-state index in [2.05, 4.69) is 63.3 Å². The van der Waals surface area contributed by atoms with Gasteiger partial charge in [-0.3, -0.25) is 29.0 Å². The monoisotopic (exact) mass is 776 g/mol. The summed E-state index contributed by atoms with van der Waals surface area (Å²) < 4.78 is 12.2. The number of ketones is 2. The highest BCUT2D eigenvalue weighted by Gasteiger charge is 2.44. The van der Waals surface area contributed by atoms with Gasteiger partial charge in [0.2, 0.25) is 5.88 Å². The number of aromatic nitrogens is 1. The van der Waals surface area contributed by atoms with E-state index in [0.29, 0.717) is 36.4 Å². The number of imide groups is 1. The van der Waals surface area contributed by atoms with Gasteiger partial charge in [-0.15, -0.1) is 0 Å². The predicted octanol–water partition coefficient (Wildman–Crippen LogP) is 6.93. The number of nitrogens with zero attached hydrogens (tertiary/aromatic N) is 4. The van der Waals surface area contributed by atoms with Crippen molar-refractivity contribution < 1.29 is 33.8 Å². The fourth-order valence-corrected chi connectivity index (χ4v) is 9.03. The van der Waals surface area contributed by atoms with Crippen LogP contribution in [0.2, 0.25) is 0 Å². The van der Waals surface area contributed by atoms with E-state index in [1.54, 1.807) is 24.3 Å². The molecule has 3 heterocycles. The molecule has 3 atom stereocenters. The van der Waals surface area contributed by atoms with Crippen molar-refractivity contribution in [2.75, 3.05) is 44.2 Å². The highest BCUT2D eigenvalue weighted by atomic mass is 16.5. The number of amides is 2. The van der Waals surface area contributed by atoms with Crippen LogP contribution in [0.1, 0.15) is 80.5 Å². The summed E-state index contributed by atoms with van der Waals surface area (Å²) in [5, 5.41) is 10.2. The molecule has 0 spiro atoms. The Labute approximate surface area is 336 Å². The van der Waals surface area contributed by atoms with Gasteiger partial charge in [0.25, 0.3) is 11.8 Å². The van der Waals surface area contributed by atoms with Crippen molar-refractivity contribution in [2.24, 2.45) is 0 Å². The Morgan fingerprint density at radius 1 is 0.724 bits per heavy atom. The summed E-state index contributed by atoms with van der Waals surface area (Å²) in [6.07, 6.45) is 3.91. The number of fused-ring (bicyclic) bond motifs is 2. The Kier molecular flexibility index (Phi) is 10.2. The summed E-state index contributed by atoms with van der Waals surface area (Å²) in [6.45, 7) is 4.45. The average molecular weight is 777 g/mol. The van der Waals surface area contributed by atoms with Crippen LogP contribution in [0.25, 0.3) is 0 Å². The molecule has 2 aliphatic carbocycles. The molecule has 2 unspecified atom stereocenters. The largest absolute Gasteiger partial charge is 0.508 e. The Balaban J connectivity index is 0.764. The summed E-state index contributed by atoms with van der Waals surface area (Å²) in [6, 6.07) is 32.7. The fraction of sp³-hybridized carbons (Fsp3) is 0.298. The molecular formula is C47H44N4O7. The van der Waals surface area contributed by atoms with Crippen LogP contribution in [0.15, 0.2) is 109 Å². The van der Waals surface area contributed by atoms with Gasteiger partial charge >= 0.3 is 0 Å². The topological polar surface area (TPSA) is 130 Å². The van der Waals surface area contributed by atoms with Gasteiger partial charge in [0.05, 0.1) is 35.5 Å². The lowest BCUT2D eigenvalue weighted by atomic mass is 9.69. The highest BCUT2D eigenvalue weighted by molar-refractivity contribution is 6.23. The van der Waals surface area contributed by atoms with E-state index in [1.807, 2.05) is 36.5 Å². The van der Waals surface area contributed by atoms with Crippen LogP contribution >= 0.6 is 0 Å². The predicted molar refractivity (Wildman–Crippen MR) is 217 cm³/mol. The SMILES string of the molecule is O=C1CCC(N2C(=O)c3ccc(OCCN4CCN(c5ccc(Oc6ccc(C7c8ccc(O)cc8CC[C@@H]7c7ccccc7)cc6)nc5)CC4)cc3C2=O)C(=O)C1. The van der Waals surface area contributed by atoms with Gasteiger partial charge in [0, 0.05) is 51.1 Å². The van der Waals surface area contributed by atoms with Crippen molar-refractivity contribution in [1.29, 1.82) is 0 Å². The minimum atomic E-state index is -0.891. The van der Waals surface area contributed by atoms with E-state index >= 15 is 0 Å². The van der Waals surface area contributed by atoms with Crippen LogP contribution in [0, 0.1) is 0 Å². The third kappa shape index (κ3) is 7.45. The summed E-state index contributed by atoms with van der Waals surface area (Å²) in [7, 11) is 0. The maximum Gasteiger partial charge on any atom is 0.262 e. The molecule has 5 aromatic rings. The number of pyridine rings is 1. The number of aromatic hydroxyl groups is 1. The molecule has 294 valence electrons. The number of Topliss-reactive ketones (excluding diaryl/α,β-unsaturated/α-hetero) is 2. The second-order valence-corrected chi connectivity index (χ2v) is 15.5. The van der Waals surface area contributed by atoms with Gasteiger partial charge in [-0.1, -0.05) is 48.5 Å². The molecule has 11 heteroatoms. The van der Waals surface area contributed by atoms with Gasteiger partial charge in [0.15, 0.2) is 5.78 Å². The van der Waals surface area contributed by atoms with E-state index in [0.717, 1.165) is 55.4 Å². The molecule has 11 nitrogen and oxygen atoms in total. The number of anilines is 1. The maximum absolute atomic E-state index is 13.2. The van der Waals surface area contributed by atoms with E-state index in [9.17, 15) is 24.3 Å². The van der Waals surface area contributed by atoms with Crippen molar-refractivity contribution in [3.8, 4) is 23.1 Å². The molecule has 1 N–H and O–H groups in total. The number of phenolic OH excluding ortho intramolecular Hbond substituents is 1. The van der Waals surface area contributed by atoms with E-state index in [4.69, 9.17) is 9.47 Å². The molecule has 1 aromatic heterocycles. The van der Waals surface area contributed by atoms with E-state index in [-0.39, 0.29) is 47.9 Å². The molecule has 4 aromatic carbocycles. The van der Waals surface area contributed by atoms with Crippen LogP contribution in [-0.2, 0) is 16.0 Å². The first kappa shape index (κ1) is 37.3. The lowest BCUT2D eigenvalue weighted by molar-refractivity contribution is -0.132. The first-order valence-electron chi connectivity index (χ1n) is 20.1. The third-order valence-electron chi connectivity index (χ3n) is 12.1. The smallest absolute Gasteiger partial charge is 0.262 e. The Morgan fingerprint density at radius 2 is 1.50 bits per heavy atom. The number of aryl methyl sites for hydroxylation is 1. The molecule has 2 fully saturated rings. The molecule has 2 amide bonds. The Bertz CT molecular complexity index is 2360. The normalized spacial score (nSPS) is 20.9. The summed E-state index contributed by atoms with van der Waals surface area (Å²) >= 11 is 0. The molecular weight excluding hydrogens is 733 g/mol. The molecule has 2 aliphatic heterocycles. The molecule has 9 rings (SSSR count). The number of piperazine rings is 1. The zero-order valence-electron chi connectivity index (χ0n) is 32.1. The number of phenols is 1. The Hall–Kier alpha value is -6.33. The first-order valence-corrected chi connectivity index (χ1v) is 20.1. The quantitative estimate of drug-likeness (QED) is 0.118. The summed E-state index contributed by atoms with van der Waals surface area (Å²) in [5.74, 6) is 0.982. The fourth-order valence-electron chi connectivity index (χ4n) is 9.03. The van der Waals surface area contributed by atoms with Gasteiger partial charge in [-0.2, -0.15) is 0 Å². The van der Waals surface area contributed by atoms with E-state index in [1.165, 1.54) is 22.3 Å². The zero-order chi connectivity index (χ0) is 39.8. The van der Waals surface area contributed by atoms with Crippen molar-refractivity contribution in [1.82, 2.24) is 14.8 Å². The zero-order valence-corrected chi connectivity index (χ0v) is 32.1. The molecule has 0 bridgehead atoms. The van der Waals surface area contributed by atoms with E-state index < -0.39 is 17.9 Å². The number of hydrogen-bond acceptors (Lipinski definition) is 10.